The molecule has 4 rings (SSSR count). The number of para-hydroxylation sites is 1. The van der Waals surface area contributed by atoms with E-state index in [2.05, 4.69) is 0 Å². The van der Waals surface area contributed by atoms with Crippen molar-refractivity contribution >= 4 is 17.6 Å². The lowest BCUT2D eigenvalue weighted by molar-refractivity contribution is -0.155. The third-order valence-electron chi connectivity index (χ3n) is 5.39. The van der Waals surface area contributed by atoms with E-state index in [1.165, 1.54) is 0 Å². The fraction of sp³-hybridized carbons (Fsp3) is 0.269. The van der Waals surface area contributed by atoms with Gasteiger partial charge in [-0.05, 0) is 49.2 Å². The van der Waals surface area contributed by atoms with E-state index in [9.17, 15) is 9.90 Å². The first-order valence-electron chi connectivity index (χ1n) is 10.8. The Balaban J connectivity index is 1.24. The highest BCUT2D eigenvalue weighted by molar-refractivity contribution is 6.32. The molecule has 1 aliphatic heterocycles. The van der Waals surface area contributed by atoms with Gasteiger partial charge in [-0.1, -0.05) is 35.9 Å². The highest BCUT2D eigenvalue weighted by Gasteiger charge is 2.39. The summed E-state index contributed by atoms with van der Waals surface area (Å²) in [7, 11) is 0. The van der Waals surface area contributed by atoms with Gasteiger partial charge in [0.1, 0.15) is 28.7 Å². The second-order valence-electron chi connectivity index (χ2n) is 7.97. The number of hydrogen-bond acceptors (Lipinski definition) is 5. The van der Waals surface area contributed by atoms with Gasteiger partial charge in [0, 0.05) is 25.0 Å². The Hall–Kier alpha value is -3.38. The molecule has 0 spiro atoms. The minimum absolute atomic E-state index is 0.428. The summed E-state index contributed by atoms with van der Waals surface area (Å²) in [6.45, 7) is 2.45. The molecule has 0 unspecified atom stereocenters. The van der Waals surface area contributed by atoms with Gasteiger partial charge in [0.15, 0.2) is 0 Å². The van der Waals surface area contributed by atoms with Crippen molar-refractivity contribution in [3.8, 4) is 28.7 Å². The molecule has 33 heavy (non-hydrogen) atoms. The summed E-state index contributed by atoms with van der Waals surface area (Å²) in [5, 5.41) is 9.87. The van der Waals surface area contributed by atoms with Gasteiger partial charge >= 0.3 is 5.97 Å². The molecule has 0 fully saturated rings. The van der Waals surface area contributed by atoms with Gasteiger partial charge in [-0.25, -0.2) is 4.79 Å². The molecule has 0 saturated heterocycles. The predicted octanol–water partition coefficient (Wildman–Crippen LogP) is 6.15. The number of carboxylic acids is 1. The third kappa shape index (κ3) is 5.71. The zero-order valence-electron chi connectivity index (χ0n) is 18.3. The number of hydrogen-bond donors (Lipinski definition) is 1. The van der Waals surface area contributed by atoms with E-state index in [0.717, 1.165) is 11.3 Å². The quantitative estimate of drug-likeness (QED) is 0.380. The molecular weight excluding hydrogens is 444 g/mol. The van der Waals surface area contributed by atoms with Gasteiger partial charge in [-0.2, -0.15) is 0 Å². The third-order valence-corrected chi connectivity index (χ3v) is 5.69. The van der Waals surface area contributed by atoms with Crippen LogP contribution in [0.1, 0.15) is 25.3 Å². The number of rotatable bonds is 9. The molecule has 6 nitrogen and oxygen atoms in total. The maximum absolute atomic E-state index is 11.5. The van der Waals surface area contributed by atoms with Gasteiger partial charge in [-0.15, -0.1) is 0 Å². The average molecular weight is 469 g/mol. The Morgan fingerprint density at radius 1 is 1.00 bits per heavy atom. The minimum atomic E-state index is -1.21. The first-order valence-corrected chi connectivity index (χ1v) is 11.1. The van der Waals surface area contributed by atoms with Crippen molar-refractivity contribution in [1.29, 1.82) is 0 Å². The average Bonchev–Trinajstić information content (AvgIpc) is 2.80. The summed E-state index contributed by atoms with van der Waals surface area (Å²) in [6, 6.07) is 20.3. The Kier molecular flexibility index (Phi) is 6.94. The molecule has 1 atom stereocenters. The number of carboxylic acid groups (broad SMARTS) is 1. The smallest absolute Gasteiger partial charge is 0.347 e. The number of ether oxygens (including phenoxy) is 4. The monoisotopic (exact) mass is 468 g/mol. The van der Waals surface area contributed by atoms with Crippen LogP contribution in [0.25, 0.3) is 0 Å². The number of carbonyl (C=O) groups is 1. The molecule has 7 heteroatoms. The highest BCUT2D eigenvalue weighted by Crippen LogP contribution is 2.36. The van der Waals surface area contributed by atoms with Crippen LogP contribution in [0.2, 0.25) is 5.02 Å². The number of benzene rings is 3. The minimum Gasteiger partial charge on any atom is -0.493 e. The Morgan fingerprint density at radius 2 is 1.76 bits per heavy atom. The summed E-state index contributed by atoms with van der Waals surface area (Å²) in [5.41, 5.74) is -0.223. The SMILES string of the molecule is C[C@]1(C(=O)O)CCc2ccc(OCCCOc3ccc(Oc4ccccc4)cc3Cl)cc2O1. The van der Waals surface area contributed by atoms with Crippen molar-refractivity contribution in [1.82, 2.24) is 0 Å². The van der Waals surface area contributed by atoms with E-state index >= 15 is 0 Å². The topological polar surface area (TPSA) is 74.2 Å². The number of fused-ring (bicyclic) bond motifs is 1. The lowest BCUT2D eigenvalue weighted by Crippen LogP contribution is -2.44. The molecule has 172 valence electrons. The zero-order chi connectivity index (χ0) is 23.3. The van der Waals surface area contributed by atoms with E-state index in [1.54, 1.807) is 25.1 Å². The van der Waals surface area contributed by atoms with Crippen LogP contribution >= 0.6 is 11.6 Å². The summed E-state index contributed by atoms with van der Waals surface area (Å²) in [5.74, 6) is 2.17. The molecule has 3 aromatic carbocycles. The highest BCUT2D eigenvalue weighted by atomic mass is 35.5. The van der Waals surface area contributed by atoms with E-state index in [4.69, 9.17) is 30.5 Å². The molecule has 1 heterocycles. The largest absolute Gasteiger partial charge is 0.493 e. The van der Waals surface area contributed by atoms with Crippen molar-refractivity contribution in [3.05, 3.63) is 77.3 Å². The van der Waals surface area contributed by atoms with Gasteiger partial charge in [-0.3, -0.25) is 0 Å². The predicted molar refractivity (Wildman–Crippen MR) is 125 cm³/mol. The van der Waals surface area contributed by atoms with Crippen LogP contribution in [0.3, 0.4) is 0 Å². The molecule has 0 saturated carbocycles. The van der Waals surface area contributed by atoms with E-state index < -0.39 is 11.6 Å². The first-order chi connectivity index (χ1) is 15.9. The van der Waals surface area contributed by atoms with E-state index in [-0.39, 0.29) is 0 Å². The first kappa shape index (κ1) is 22.8. The second-order valence-corrected chi connectivity index (χ2v) is 8.37. The normalized spacial score (nSPS) is 16.9. The molecule has 0 bridgehead atoms. The molecule has 0 amide bonds. The fourth-order valence-electron chi connectivity index (χ4n) is 3.46. The van der Waals surface area contributed by atoms with Crippen LogP contribution in [-0.4, -0.2) is 29.9 Å². The lowest BCUT2D eigenvalue weighted by atomic mass is 9.93. The van der Waals surface area contributed by atoms with Crippen LogP contribution in [0, 0.1) is 0 Å². The van der Waals surface area contributed by atoms with Crippen LogP contribution in [0.4, 0.5) is 0 Å². The van der Waals surface area contributed by atoms with Crippen LogP contribution < -0.4 is 18.9 Å². The zero-order valence-corrected chi connectivity index (χ0v) is 19.0. The molecule has 1 N–H and O–H groups in total. The Morgan fingerprint density at radius 3 is 2.52 bits per heavy atom. The maximum atomic E-state index is 11.5. The molecule has 0 aromatic heterocycles. The number of aryl methyl sites for hydroxylation is 1. The number of aliphatic carboxylic acids is 1. The fourth-order valence-corrected chi connectivity index (χ4v) is 3.69. The van der Waals surface area contributed by atoms with Crippen molar-refractivity contribution in [2.24, 2.45) is 0 Å². The molecule has 3 aromatic rings. The van der Waals surface area contributed by atoms with Gasteiger partial charge < -0.3 is 24.1 Å². The summed E-state index contributed by atoms with van der Waals surface area (Å²) in [4.78, 5) is 11.5. The van der Waals surface area contributed by atoms with E-state index in [0.29, 0.717) is 60.5 Å². The summed E-state index contributed by atoms with van der Waals surface area (Å²) in [6.07, 6.45) is 1.74. The standard InChI is InChI=1S/C26H25ClO6/c1-26(25(28)29)13-12-18-8-9-20(17-24(18)33-26)30-14-5-15-31-23-11-10-21(16-22(23)27)32-19-6-3-2-4-7-19/h2-4,6-11,16-17H,5,12-15H2,1H3,(H,28,29)/t26-/m1/s1. The van der Waals surface area contributed by atoms with Crippen molar-refractivity contribution in [3.63, 3.8) is 0 Å². The van der Waals surface area contributed by atoms with Gasteiger partial charge in [0.05, 0.1) is 18.2 Å². The molecular formula is C26H25ClO6. The van der Waals surface area contributed by atoms with E-state index in [1.807, 2.05) is 48.5 Å². The van der Waals surface area contributed by atoms with Crippen LogP contribution in [-0.2, 0) is 11.2 Å². The van der Waals surface area contributed by atoms with Crippen LogP contribution in [0.5, 0.6) is 28.7 Å². The van der Waals surface area contributed by atoms with Gasteiger partial charge in [0.2, 0.25) is 5.60 Å². The lowest BCUT2D eigenvalue weighted by Gasteiger charge is -2.32. The van der Waals surface area contributed by atoms with Crippen molar-refractivity contribution in [2.75, 3.05) is 13.2 Å². The van der Waals surface area contributed by atoms with Gasteiger partial charge in [0.25, 0.3) is 0 Å². The van der Waals surface area contributed by atoms with Crippen LogP contribution in [0.15, 0.2) is 66.7 Å². The number of halogens is 1. The van der Waals surface area contributed by atoms with Crippen molar-refractivity contribution in [2.45, 2.75) is 31.8 Å². The maximum Gasteiger partial charge on any atom is 0.347 e. The summed E-state index contributed by atoms with van der Waals surface area (Å²) >= 11 is 6.33. The second kappa shape index (κ2) is 10.0. The molecule has 0 aliphatic carbocycles. The Labute approximate surface area is 197 Å². The van der Waals surface area contributed by atoms with Crippen molar-refractivity contribution < 1.29 is 28.8 Å². The summed E-state index contributed by atoms with van der Waals surface area (Å²) < 4.78 is 23.1. The molecule has 0 radical (unpaired) electrons. The molecule has 1 aliphatic rings. The Bertz CT molecular complexity index is 1120.